The molecule has 0 aliphatic carbocycles. The second kappa shape index (κ2) is 18.3. The molecule has 0 aromatic heterocycles. The van der Waals surface area contributed by atoms with Gasteiger partial charge in [0.2, 0.25) is 0 Å². The lowest BCUT2D eigenvalue weighted by atomic mass is 9.93. The van der Waals surface area contributed by atoms with Crippen LogP contribution in [0.2, 0.25) is 0 Å². The Bertz CT molecular complexity index is 365. The predicted molar refractivity (Wildman–Crippen MR) is 129 cm³/mol. The van der Waals surface area contributed by atoms with Crippen LogP contribution in [0.3, 0.4) is 0 Å². The van der Waals surface area contributed by atoms with Gasteiger partial charge >= 0.3 is 0 Å². The Morgan fingerprint density at radius 3 is 1.16 bits per heavy atom. The van der Waals surface area contributed by atoms with Gasteiger partial charge in [0.25, 0.3) is 0 Å². The van der Waals surface area contributed by atoms with E-state index < -0.39 is 24.4 Å². The van der Waals surface area contributed by atoms with Gasteiger partial charge in [-0.3, -0.25) is 0 Å². The summed E-state index contributed by atoms with van der Waals surface area (Å²) in [5.41, 5.74) is 0. The first-order valence-electron chi connectivity index (χ1n) is 12.8. The van der Waals surface area contributed by atoms with Gasteiger partial charge in [-0.25, -0.2) is 0 Å². The highest BCUT2D eigenvalue weighted by atomic mass is 16.5. The summed E-state index contributed by atoms with van der Waals surface area (Å²) in [6.07, 6.45) is 7.26. The van der Waals surface area contributed by atoms with Crippen LogP contribution in [0.1, 0.15) is 106 Å². The standard InChI is InChI=1S/C26H54O5/c1-19(2)9-7-11-21(5)13-15-25(23(29)17-27)31-26(24(30)18-28)16-14-22(6)12-8-10-20(3)4/h19-30H,7-18H2,1-6H3. The fourth-order valence-electron chi connectivity index (χ4n) is 4.10. The molecule has 188 valence electrons. The Balaban J connectivity index is 4.71. The average Bonchev–Trinajstić information content (AvgIpc) is 2.71. The maximum Gasteiger partial charge on any atom is 0.103 e. The van der Waals surface area contributed by atoms with Gasteiger partial charge in [0.1, 0.15) is 12.2 Å². The zero-order valence-electron chi connectivity index (χ0n) is 21.3. The molecular formula is C26H54O5. The van der Waals surface area contributed by atoms with Crippen molar-refractivity contribution in [1.82, 2.24) is 0 Å². The first-order chi connectivity index (χ1) is 14.6. The first kappa shape index (κ1) is 30.8. The Labute approximate surface area is 192 Å². The molecule has 0 aliphatic heterocycles. The Kier molecular flexibility index (Phi) is 18.1. The summed E-state index contributed by atoms with van der Waals surface area (Å²) >= 11 is 0. The van der Waals surface area contributed by atoms with E-state index in [4.69, 9.17) is 4.74 Å². The molecule has 6 unspecified atom stereocenters. The summed E-state index contributed by atoms with van der Waals surface area (Å²) in [4.78, 5) is 0. The van der Waals surface area contributed by atoms with Crippen molar-refractivity contribution < 1.29 is 25.2 Å². The minimum absolute atomic E-state index is 0.361. The lowest BCUT2D eigenvalue weighted by molar-refractivity contribution is -0.138. The van der Waals surface area contributed by atoms with E-state index in [1.807, 2.05) is 0 Å². The second-order valence-electron chi connectivity index (χ2n) is 10.7. The number of rotatable bonds is 20. The maximum absolute atomic E-state index is 10.3. The Morgan fingerprint density at radius 2 is 0.871 bits per heavy atom. The van der Waals surface area contributed by atoms with Crippen molar-refractivity contribution in [3.8, 4) is 0 Å². The van der Waals surface area contributed by atoms with E-state index >= 15 is 0 Å². The highest BCUT2D eigenvalue weighted by Crippen LogP contribution is 2.24. The molecule has 5 nitrogen and oxygen atoms in total. The summed E-state index contributed by atoms with van der Waals surface area (Å²) in [5, 5.41) is 39.6. The monoisotopic (exact) mass is 446 g/mol. The van der Waals surface area contributed by atoms with Gasteiger partial charge in [-0.15, -0.1) is 0 Å². The quantitative estimate of drug-likeness (QED) is 0.213. The van der Waals surface area contributed by atoms with Crippen LogP contribution in [-0.4, -0.2) is 58.1 Å². The van der Waals surface area contributed by atoms with Crippen LogP contribution in [0.4, 0.5) is 0 Å². The molecule has 4 N–H and O–H groups in total. The lowest BCUT2D eigenvalue weighted by Crippen LogP contribution is -2.41. The molecule has 0 fully saturated rings. The zero-order valence-corrected chi connectivity index (χ0v) is 21.3. The third-order valence-electron chi connectivity index (χ3n) is 6.43. The molecule has 0 rings (SSSR count). The zero-order chi connectivity index (χ0) is 23.8. The van der Waals surface area contributed by atoms with Gasteiger partial charge in [-0.2, -0.15) is 0 Å². The second-order valence-corrected chi connectivity index (χ2v) is 10.7. The molecule has 0 aromatic carbocycles. The highest BCUT2D eigenvalue weighted by Gasteiger charge is 2.28. The van der Waals surface area contributed by atoms with Crippen molar-refractivity contribution >= 4 is 0 Å². The van der Waals surface area contributed by atoms with Gasteiger partial charge in [-0.05, 0) is 49.4 Å². The molecule has 0 spiro atoms. The van der Waals surface area contributed by atoms with Crippen LogP contribution >= 0.6 is 0 Å². The van der Waals surface area contributed by atoms with E-state index in [0.717, 1.165) is 25.7 Å². The third-order valence-corrected chi connectivity index (χ3v) is 6.43. The van der Waals surface area contributed by atoms with Crippen molar-refractivity contribution in [3.05, 3.63) is 0 Å². The Hall–Kier alpha value is -0.200. The van der Waals surface area contributed by atoms with Gasteiger partial charge < -0.3 is 25.2 Å². The van der Waals surface area contributed by atoms with E-state index in [0.29, 0.717) is 36.5 Å². The fourth-order valence-corrected chi connectivity index (χ4v) is 4.10. The Morgan fingerprint density at radius 1 is 0.516 bits per heavy atom. The first-order valence-corrected chi connectivity index (χ1v) is 12.8. The maximum atomic E-state index is 10.3. The van der Waals surface area contributed by atoms with Crippen molar-refractivity contribution in [3.63, 3.8) is 0 Å². The average molecular weight is 447 g/mol. The van der Waals surface area contributed by atoms with Crippen LogP contribution in [0.25, 0.3) is 0 Å². The van der Waals surface area contributed by atoms with E-state index in [-0.39, 0.29) is 13.2 Å². The van der Waals surface area contributed by atoms with Crippen molar-refractivity contribution in [2.24, 2.45) is 23.7 Å². The molecule has 0 saturated carbocycles. The number of aliphatic hydroxyl groups is 4. The van der Waals surface area contributed by atoms with Gasteiger partial charge in [0.15, 0.2) is 0 Å². The van der Waals surface area contributed by atoms with Gasteiger partial charge in [-0.1, -0.05) is 80.1 Å². The lowest BCUT2D eigenvalue weighted by Gasteiger charge is -2.31. The molecule has 0 saturated heterocycles. The number of hydrogen-bond acceptors (Lipinski definition) is 5. The van der Waals surface area contributed by atoms with E-state index in [9.17, 15) is 20.4 Å². The minimum atomic E-state index is -0.972. The van der Waals surface area contributed by atoms with Crippen LogP contribution in [0.5, 0.6) is 0 Å². The normalized spacial score (nSPS) is 18.2. The molecule has 6 atom stereocenters. The smallest absolute Gasteiger partial charge is 0.103 e. The summed E-state index contributed by atoms with van der Waals surface area (Å²) in [7, 11) is 0. The largest absolute Gasteiger partial charge is 0.394 e. The molecule has 5 heteroatoms. The molecule has 0 aromatic rings. The summed E-state index contributed by atoms with van der Waals surface area (Å²) < 4.78 is 6.12. The minimum Gasteiger partial charge on any atom is -0.394 e. The number of ether oxygens (including phenoxy) is 1. The molecule has 0 amide bonds. The summed E-state index contributed by atoms with van der Waals surface area (Å²) in [5.74, 6) is 2.48. The summed E-state index contributed by atoms with van der Waals surface area (Å²) in [6, 6.07) is 0. The molecule has 0 radical (unpaired) electrons. The van der Waals surface area contributed by atoms with E-state index in [1.54, 1.807) is 0 Å². The van der Waals surface area contributed by atoms with Crippen LogP contribution < -0.4 is 0 Å². The molecule has 0 bridgehead atoms. The summed E-state index contributed by atoms with van der Waals surface area (Å²) in [6.45, 7) is 12.7. The van der Waals surface area contributed by atoms with E-state index in [1.165, 1.54) is 25.7 Å². The van der Waals surface area contributed by atoms with Crippen LogP contribution in [-0.2, 0) is 4.74 Å². The fraction of sp³-hybridized carbons (Fsp3) is 1.00. The van der Waals surface area contributed by atoms with Crippen molar-refractivity contribution in [2.45, 2.75) is 130 Å². The topological polar surface area (TPSA) is 90.2 Å². The number of aliphatic hydroxyl groups excluding tert-OH is 4. The highest BCUT2D eigenvalue weighted by molar-refractivity contribution is 4.77. The third kappa shape index (κ3) is 16.1. The SMILES string of the molecule is CC(C)CCCC(C)CCC(OC(CCC(C)CCCC(C)C)C(O)CO)C(O)CO. The molecule has 31 heavy (non-hydrogen) atoms. The molecular weight excluding hydrogens is 392 g/mol. The van der Waals surface area contributed by atoms with Crippen molar-refractivity contribution in [2.75, 3.05) is 13.2 Å². The number of hydrogen-bond donors (Lipinski definition) is 4. The van der Waals surface area contributed by atoms with E-state index in [2.05, 4.69) is 41.5 Å². The molecule has 0 heterocycles. The van der Waals surface area contributed by atoms with Crippen molar-refractivity contribution in [1.29, 1.82) is 0 Å². The van der Waals surface area contributed by atoms with Crippen LogP contribution in [0.15, 0.2) is 0 Å². The molecule has 0 aliphatic rings. The van der Waals surface area contributed by atoms with Crippen LogP contribution in [0, 0.1) is 23.7 Å². The van der Waals surface area contributed by atoms with Gasteiger partial charge in [0, 0.05) is 0 Å². The van der Waals surface area contributed by atoms with Gasteiger partial charge in [0.05, 0.1) is 25.4 Å². The predicted octanol–water partition coefficient (Wildman–Crippen LogP) is 4.93.